The number of nitrogens with one attached hydrogen (secondary N) is 1. The molecule has 0 spiro atoms. The van der Waals surface area contributed by atoms with E-state index in [1.165, 1.54) is 6.07 Å². The van der Waals surface area contributed by atoms with Crippen LogP contribution in [0.3, 0.4) is 0 Å². The molecular weight excluding hydrogens is 260 g/mol. The van der Waals surface area contributed by atoms with E-state index in [1.54, 1.807) is 6.92 Å². The van der Waals surface area contributed by atoms with Crippen LogP contribution in [0, 0.1) is 17.0 Å². The van der Waals surface area contributed by atoms with Crippen molar-refractivity contribution >= 4 is 21.5 Å². The summed E-state index contributed by atoms with van der Waals surface area (Å²) in [5, 5.41) is 18.2. The van der Waals surface area contributed by atoms with Crippen LogP contribution in [-0.4, -0.2) is 30.6 Å². The second-order valence-electron chi connectivity index (χ2n) is 3.76. The van der Waals surface area contributed by atoms with E-state index in [-0.39, 0.29) is 11.4 Å². The number of rotatable bonds is 6. The molecular formula is C9H14N4O4S. The van der Waals surface area contributed by atoms with Crippen LogP contribution in [-0.2, 0) is 10.0 Å². The molecule has 1 heterocycles. The van der Waals surface area contributed by atoms with E-state index in [4.69, 9.17) is 5.14 Å². The SMILES string of the molecule is Cc1cc([N+](=O)[O-])cnc1NCCCS(N)(=O)=O. The Morgan fingerprint density at radius 1 is 1.56 bits per heavy atom. The molecule has 100 valence electrons. The fourth-order valence-electron chi connectivity index (χ4n) is 1.33. The highest BCUT2D eigenvalue weighted by Crippen LogP contribution is 2.17. The number of nitro groups is 1. The van der Waals surface area contributed by atoms with Gasteiger partial charge >= 0.3 is 0 Å². The van der Waals surface area contributed by atoms with Crippen molar-refractivity contribution < 1.29 is 13.3 Å². The molecule has 0 saturated heterocycles. The Morgan fingerprint density at radius 2 is 2.22 bits per heavy atom. The second-order valence-corrected chi connectivity index (χ2v) is 5.50. The van der Waals surface area contributed by atoms with Gasteiger partial charge in [0, 0.05) is 12.6 Å². The van der Waals surface area contributed by atoms with Crippen LogP contribution in [0.5, 0.6) is 0 Å². The van der Waals surface area contributed by atoms with E-state index in [2.05, 4.69) is 10.3 Å². The Balaban J connectivity index is 2.56. The van der Waals surface area contributed by atoms with Crippen LogP contribution < -0.4 is 10.5 Å². The average molecular weight is 274 g/mol. The molecule has 0 atom stereocenters. The molecule has 0 aliphatic rings. The molecule has 0 fully saturated rings. The molecule has 8 nitrogen and oxygen atoms in total. The third-order valence-corrected chi connectivity index (χ3v) is 3.03. The minimum Gasteiger partial charge on any atom is -0.370 e. The van der Waals surface area contributed by atoms with Gasteiger partial charge in [-0.3, -0.25) is 10.1 Å². The van der Waals surface area contributed by atoms with Gasteiger partial charge in [-0.05, 0) is 18.9 Å². The minimum absolute atomic E-state index is 0.0809. The Labute approximate surface area is 104 Å². The molecule has 0 amide bonds. The molecule has 18 heavy (non-hydrogen) atoms. The lowest BCUT2D eigenvalue weighted by Crippen LogP contribution is -2.19. The van der Waals surface area contributed by atoms with Crippen LogP contribution in [0.4, 0.5) is 11.5 Å². The van der Waals surface area contributed by atoms with Gasteiger partial charge in [-0.15, -0.1) is 0 Å². The summed E-state index contributed by atoms with van der Waals surface area (Å²) in [6.07, 6.45) is 1.49. The standard InChI is InChI=1S/C9H14N4O4S/c1-7-5-8(13(14)15)6-12-9(7)11-3-2-4-18(10,16)17/h5-6H,2-4H2,1H3,(H,11,12)(H2,10,16,17). The van der Waals surface area contributed by atoms with Crippen molar-refractivity contribution in [1.29, 1.82) is 0 Å². The van der Waals surface area contributed by atoms with E-state index in [0.29, 0.717) is 24.3 Å². The summed E-state index contributed by atoms with van der Waals surface area (Å²) in [6.45, 7) is 2.06. The third kappa shape index (κ3) is 4.63. The molecule has 3 N–H and O–H groups in total. The molecule has 0 aliphatic carbocycles. The molecule has 0 radical (unpaired) electrons. The minimum atomic E-state index is -3.46. The van der Waals surface area contributed by atoms with Gasteiger partial charge in [-0.2, -0.15) is 0 Å². The van der Waals surface area contributed by atoms with Gasteiger partial charge in [0.25, 0.3) is 5.69 Å². The summed E-state index contributed by atoms with van der Waals surface area (Å²) >= 11 is 0. The number of aryl methyl sites for hydroxylation is 1. The van der Waals surface area contributed by atoms with Gasteiger partial charge < -0.3 is 5.32 Å². The fraction of sp³-hybridized carbons (Fsp3) is 0.444. The second kappa shape index (κ2) is 5.74. The number of pyridine rings is 1. The number of sulfonamides is 1. The number of nitrogens with zero attached hydrogens (tertiary/aromatic N) is 2. The first-order chi connectivity index (χ1) is 8.29. The predicted octanol–water partition coefficient (Wildman–Crippen LogP) is 0.389. The lowest BCUT2D eigenvalue weighted by atomic mass is 10.2. The van der Waals surface area contributed by atoms with Crippen LogP contribution >= 0.6 is 0 Å². The molecule has 1 aromatic heterocycles. The summed E-state index contributed by atoms with van der Waals surface area (Å²) in [5.41, 5.74) is 0.544. The van der Waals surface area contributed by atoms with Crippen molar-refractivity contribution in [3.8, 4) is 0 Å². The number of nitrogens with two attached hydrogens (primary N) is 1. The Bertz CT molecular complexity index is 543. The molecule has 9 heteroatoms. The van der Waals surface area contributed by atoms with E-state index in [1.807, 2.05) is 0 Å². The number of hydrogen-bond acceptors (Lipinski definition) is 6. The first-order valence-corrected chi connectivity index (χ1v) is 6.86. The molecule has 0 bridgehead atoms. The largest absolute Gasteiger partial charge is 0.370 e. The smallest absolute Gasteiger partial charge is 0.287 e. The van der Waals surface area contributed by atoms with Gasteiger partial charge in [-0.1, -0.05) is 0 Å². The number of anilines is 1. The highest BCUT2D eigenvalue weighted by atomic mass is 32.2. The van der Waals surface area contributed by atoms with E-state index >= 15 is 0 Å². The molecule has 0 unspecified atom stereocenters. The fourth-order valence-corrected chi connectivity index (χ4v) is 1.87. The maximum absolute atomic E-state index is 10.7. The van der Waals surface area contributed by atoms with Gasteiger partial charge in [0.2, 0.25) is 10.0 Å². The van der Waals surface area contributed by atoms with Crippen molar-refractivity contribution in [3.63, 3.8) is 0 Å². The van der Waals surface area contributed by atoms with Crippen molar-refractivity contribution in [3.05, 3.63) is 27.9 Å². The Hall–Kier alpha value is -1.74. The molecule has 1 aromatic rings. The zero-order valence-electron chi connectivity index (χ0n) is 9.79. The topological polar surface area (TPSA) is 128 Å². The Kier molecular flexibility index (Phi) is 4.56. The van der Waals surface area contributed by atoms with Crippen molar-refractivity contribution in [2.75, 3.05) is 17.6 Å². The van der Waals surface area contributed by atoms with Crippen LogP contribution in [0.25, 0.3) is 0 Å². The molecule has 0 aliphatic heterocycles. The molecule has 0 saturated carbocycles. The molecule has 1 rings (SSSR count). The number of aromatic nitrogens is 1. The van der Waals surface area contributed by atoms with E-state index in [0.717, 1.165) is 6.20 Å². The van der Waals surface area contributed by atoms with Crippen molar-refractivity contribution in [2.45, 2.75) is 13.3 Å². The highest BCUT2D eigenvalue weighted by molar-refractivity contribution is 7.89. The van der Waals surface area contributed by atoms with Crippen LogP contribution in [0.2, 0.25) is 0 Å². The van der Waals surface area contributed by atoms with Gasteiger partial charge in [0.05, 0.1) is 10.7 Å². The van der Waals surface area contributed by atoms with Crippen molar-refractivity contribution in [2.24, 2.45) is 5.14 Å². The normalized spacial score (nSPS) is 11.2. The summed E-state index contributed by atoms with van der Waals surface area (Å²) in [6, 6.07) is 1.40. The summed E-state index contributed by atoms with van der Waals surface area (Å²) in [4.78, 5) is 13.9. The van der Waals surface area contributed by atoms with Crippen LogP contribution in [0.15, 0.2) is 12.3 Å². The number of hydrogen-bond donors (Lipinski definition) is 2. The van der Waals surface area contributed by atoms with Gasteiger partial charge in [0.1, 0.15) is 12.0 Å². The quantitative estimate of drug-likeness (QED) is 0.438. The van der Waals surface area contributed by atoms with Gasteiger partial charge in [-0.25, -0.2) is 18.5 Å². The van der Waals surface area contributed by atoms with E-state index in [9.17, 15) is 18.5 Å². The van der Waals surface area contributed by atoms with Crippen molar-refractivity contribution in [1.82, 2.24) is 4.98 Å². The lowest BCUT2D eigenvalue weighted by Gasteiger charge is -2.07. The molecule has 0 aromatic carbocycles. The number of primary sulfonamides is 1. The zero-order chi connectivity index (χ0) is 13.8. The highest BCUT2D eigenvalue weighted by Gasteiger charge is 2.09. The summed E-state index contributed by atoms with van der Waals surface area (Å²) in [5.74, 6) is 0.376. The average Bonchev–Trinajstić information content (AvgIpc) is 2.24. The summed E-state index contributed by atoms with van der Waals surface area (Å²) in [7, 11) is -3.46. The zero-order valence-corrected chi connectivity index (χ0v) is 10.6. The maximum atomic E-state index is 10.7. The van der Waals surface area contributed by atoms with Crippen LogP contribution in [0.1, 0.15) is 12.0 Å². The first kappa shape index (κ1) is 14.3. The summed E-state index contributed by atoms with van der Waals surface area (Å²) < 4.78 is 21.4. The van der Waals surface area contributed by atoms with Gasteiger partial charge in [0.15, 0.2) is 0 Å². The monoisotopic (exact) mass is 274 g/mol. The van der Waals surface area contributed by atoms with E-state index < -0.39 is 14.9 Å². The maximum Gasteiger partial charge on any atom is 0.287 e. The Morgan fingerprint density at radius 3 is 2.72 bits per heavy atom. The third-order valence-electron chi connectivity index (χ3n) is 2.17. The predicted molar refractivity (Wildman–Crippen MR) is 66.7 cm³/mol. The first-order valence-electron chi connectivity index (χ1n) is 5.15. The lowest BCUT2D eigenvalue weighted by molar-refractivity contribution is -0.385.